The van der Waals surface area contributed by atoms with Gasteiger partial charge in [0, 0.05) is 17.7 Å². The van der Waals surface area contributed by atoms with Gasteiger partial charge >= 0.3 is 0 Å². The smallest absolute Gasteiger partial charge is 0.286 e. The number of allylic oxidation sites excluding steroid dienone is 2. The second-order valence-electron chi connectivity index (χ2n) is 6.67. The number of rotatable bonds is 3. The summed E-state index contributed by atoms with van der Waals surface area (Å²) in [4.78, 5) is 24.3. The first-order valence-corrected chi connectivity index (χ1v) is 8.01. The topological polar surface area (TPSA) is 63.1 Å². The molecule has 2 unspecified atom stereocenters. The summed E-state index contributed by atoms with van der Waals surface area (Å²) >= 11 is 3.32. The van der Waals surface area contributed by atoms with E-state index >= 15 is 0 Å². The second kappa shape index (κ2) is 5.91. The fourth-order valence-corrected chi connectivity index (χ4v) is 3.38. The monoisotopic (exact) mass is 367 g/mol. The fourth-order valence-electron chi connectivity index (χ4n) is 2.86. The van der Waals surface area contributed by atoms with Crippen molar-refractivity contribution < 1.29 is 9.59 Å². The van der Waals surface area contributed by atoms with Gasteiger partial charge in [0.25, 0.3) is 5.91 Å². The Labute approximate surface area is 139 Å². The number of hydrogen-bond acceptors (Lipinski definition) is 2. The first-order chi connectivity index (χ1) is 10.1. The highest BCUT2D eigenvalue weighted by Crippen LogP contribution is 2.59. The summed E-state index contributed by atoms with van der Waals surface area (Å²) in [6.07, 6.45) is 3.91. The maximum Gasteiger partial charge on any atom is 0.286 e. The summed E-state index contributed by atoms with van der Waals surface area (Å²) in [5, 5.41) is 0. The first-order valence-electron chi connectivity index (χ1n) is 7.21. The molecule has 1 saturated carbocycles. The predicted molar refractivity (Wildman–Crippen MR) is 88.9 cm³/mol. The number of nitrogens with one attached hydrogen (secondary N) is 2. The lowest BCUT2D eigenvalue weighted by Gasteiger charge is -2.08. The Balaban J connectivity index is 1.95. The van der Waals surface area contributed by atoms with E-state index in [0.29, 0.717) is 5.69 Å². The predicted octanol–water partition coefficient (Wildman–Crippen LogP) is 2.79. The average Bonchev–Trinajstić information content (AvgIpc) is 2.74. The van der Waals surface area contributed by atoms with Crippen molar-refractivity contribution in [2.24, 2.45) is 24.3 Å². The van der Waals surface area contributed by atoms with Crippen molar-refractivity contribution in [3.63, 3.8) is 0 Å². The van der Waals surface area contributed by atoms with Gasteiger partial charge in [-0.1, -0.05) is 25.5 Å². The molecule has 1 aliphatic rings. The van der Waals surface area contributed by atoms with Crippen molar-refractivity contribution in [1.29, 1.82) is 0 Å². The van der Waals surface area contributed by atoms with E-state index < -0.39 is 0 Å². The number of amides is 2. The van der Waals surface area contributed by atoms with E-state index in [1.807, 2.05) is 13.8 Å². The summed E-state index contributed by atoms with van der Waals surface area (Å²) < 4.78 is 2.51. The van der Waals surface area contributed by atoms with Gasteiger partial charge < -0.3 is 4.57 Å². The number of halogens is 1. The van der Waals surface area contributed by atoms with Crippen LogP contribution in [0.2, 0.25) is 0 Å². The highest BCUT2D eigenvalue weighted by molar-refractivity contribution is 9.10. The van der Waals surface area contributed by atoms with Crippen LogP contribution in [0.4, 0.5) is 0 Å². The van der Waals surface area contributed by atoms with E-state index in [1.165, 1.54) is 5.57 Å². The van der Waals surface area contributed by atoms with Gasteiger partial charge in [-0.15, -0.1) is 0 Å². The van der Waals surface area contributed by atoms with Crippen LogP contribution < -0.4 is 10.9 Å². The van der Waals surface area contributed by atoms with Crippen LogP contribution in [0.15, 0.2) is 28.4 Å². The molecule has 1 fully saturated rings. The first kappa shape index (κ1) is 16.8. The quantitative estimate of drug-likeness (QED) is 0.637. The molecule has 0 aromatic carbocycles. The maximum atomic E-state index is 12.3. The van der Waals surface area contributed by atoms with Crippen LogP contribution in [-0.4, -0.2) is 16.4 Å². The molecule has 0 radical (unpaired) electrons. The van der Waals surface area contributed by atoms with Crippen LogP contribution in [0.5, 0.6) is 0 Å². The van der Waals surface area contributed by atoms with E-state index in [9.17, 15) is 9.59 Å². The van der Waals surface area contributed by atoms with Crippen LogP contribution in [0.3, 0.4) is 0 Å². The van der Waals surface area contributed by atoms with E-state index in [4.69, 9.17) is 0 Å². The molecule has 1 aromatic rings. The summed E-state index contributed by atoms with van der Waals surface area (Å²) in [6, 6.07) is 1.70. The molecule has 1 aromatic heterocycles. The Kier molecular flexibility index (Phi) is 4.52. The van der Waals surface area contributed by atoms with E-state index in [2.05, 4.69) is 46.7 Å². The summed E-state index contributed by atoms with van der Waals surface area (Å²) in [5.74, 6) is -0.366. The largest absolute Gasteiger partial charge is 0.345 e. The lowest BCUT2D eigenvalue weighted by molar-refractivity contribution is -0.123. The van der Waals surface area contributed by atoms with E-state index in [-0.39, 0.29) is 29.1 Å². The molecular weight excluding hydrogens is 346 g/mol. The van der Waals surface area contributed by atoms with Crippen LogP contribution in [-0.2, 0) is 11.8 Å². The van der Waals surface area contributed by atoms with E-state index in [0.717, 1.165) is 4.47 Å². The molecule has 0 saturated heterocycles. The zero-order valence-corrected chi connectivity index (χ0v) is 15.1. The average molecular weight is 368 g/mol. The van der Waals surface area contributed by atoms with Crippen LogP contribution in [0.1, 0.15) is 38.2 Å². The molecule has 0 bridgehead atoms. The highest BCUT2D eigenvalue weighted by atomic mass is 79.9. The van der Waals surface area contributed by atoms with Crippen molar-refractivity contribution in [2.45, 2.75) is 27.7 Å². The molecule has 6 heteroatoms. The van der Waals surface area contributed by atoms with Gasteiger partial charge in [0.2, 0.25) is 5.91 Å². The van der Waals surface area contributed by atoms with Crippen LogP contribution >= 0.6 is 15.9 Å². The Bertz CT molecular complexity index is 642. The number of aryl methyl sites for hydroxylation is 1. The molecule has 22 heavy (non-hydrogen) atoms. The summed E-state index contributed by atoms with van der Waals surface area (Å²) in [6.45, 7) is 8.19. The number of hydrogen-bond donors (Lipinski definition) is 2. The van der Waals surface area contributed by atoms with Gasteiger partial charge in [-0.2, -0.15) is 0 Å². The van der Waals surface area contributed by atoms with Crippen molar-refractivity contribution in [3.05, 3.63) is 34.1 Å². The molecule has 1 heterocycles. The summed E-state index contributed by atoms with van der Waals surface area (Å²) in [7, 11) is 1.77. The Morgan fingerprint density at radius 1 is 1.32 bits per heavy atom. The molecule has 120 valence electrons. The third-order valence-corrected chi connectivity index (χ3v) is 4.64. The van der Waals surface area contributed by atoms with Gasteiger partial charge in [0.1, 0.15) is 5.69 Å². The summed E-state index contributed by atoms with van der Waals surface area (Å²) in [5.41, 5.74) is 6.63. The Morgan fingerprint density at radius 3 is 2.45 bits per heavy atom. The molecular formula is C16H22BrN3O2. The number of nitrogens with zero attached hydrogens (tertiary/aromatic N) is 1. The van der Waals surface area contributed by atoms with Crippen LogP contribution in [0.25, 0.3) is 0 Å². The molecule has 2 atom stereocenters. The van der Waals surface area contributed by atoms with Crippen molar-refractivity contribution in [1.82, 2.24) is 15.4 Å². The van der Waals surface area contributed by atoms with Gasteiger partial charge in [-0.25, -0.2) is 0 Å². The molecule has 2 amide bonds. The Hall–Kier alpha value is -1.56. The lowest BCUT2D eigenvalue weighted by Crippen LogP contribution is -2.43. The van der Waals surface area contributed by atoms with Gasteiger partial charge in [-0.05, 0) is 47.2 Å². The van der Waals surface area contributed by atoms with Crippen LogP contribution in [0, 0.1) is 17.3 Å². The Morgan fingerprint density at radius 2 is 1.95 bits per heavy atom. The molecule has 0 aliphatic heterocycles. The second-order valence-corrected chi connectivity index (χ2v) is 7.58. The van der Waals surface area contributed by atoms with Crippen molar-refractivity contribution in [2.75, 3.05) is 0 Å². The van der Waals surface area contributed by atoms with Crippen molar-refractivity contribution >= 4 is 27.7 Å². The molecule has 5 nitrogen and oxygen atoms in total. The minimum absolute atomic E-state index is 0.0694. The number of aromatic nitrogens is 1. The fraction of sp³-hybridized carbons (Fsp3) is 0.500. The number of carbonyl (C=O) groups excluding carboxylic acids is 2. The van der Waals surface area contributed by atoms with Gasteiger partial charge in [0.05, 0.1) is 5.92 Å². The standard InChI is InChI=1S/C16H22BrN3O2/c1-9(2)6-11-13(16(11,3)4)15(22)19-18-14(21)12-7-10(17)8-20(12)5/h6-8,11,13H,1-5H3,(H,18,21)(H,19,22). The third kappa shape index (κ3) is 3.27. The zero-order valence-electron chi connectivity index (χ0n) is 13.5. The molecule has 1 aliphatic carbocycles. The minimum Gasteiger partial charge on any atom is -0.345 e. The number of hydrazine groups is 1. The maximum absolute atomic E-state index is 12.3. The normalized spacial score (nSPS) is 21.9. The van der Waals surface area contributed by atoms with E-state index in [1.54, 1.807) is 23.9 Å². The number of carbonyl (C=O) groups is 2. The highest BCUT2D eigenvalue weighted by Gasteiger charge is 2.60. The minimum atomic E-state index is -0.334. The SMILES string of the molecule is CC(C)=CC1C(C(=O)NNC(=O)c2cc(Br)cn2C)C1(C)C. The third-order valence-electron chi connectivity index (χ3n) is 4.21. The zero-order chi connectivity index (χ0) is 16.7. The molecule has 2 N–H and O–H groups in total. The molecule has 2 rings (SSSR count). The lowest BCUT2D eigenvalue weighted by atomic mass is 10.1. The van der Waals surface area contributed by atoms with Gasteiger partial charge in [-0.3, -0.25) is 20.4 Å². The molecule has 0 spiro atoms. The van der Waals surface area contributed by atoms with Crippen molar-refractivity contribution in [3.8, 4) is 0 Å². The van der Waals surface area contributed by atoms with Gasteiger partial charge in [0.15, 0.2) is 0 Å².